The zero-order valence-electron chi connectivity index (χ0n) is 17.2. The molecule has 1 aromatic heterocycles. The molecular weight excluding hydrogens is 388 g/mol. The van der Waals surface area contributed by atoms with Crippen molar-refractivity contribution < 1.29 is 19.1 Å². The van der Waals surface area contributed by atoms with Crippen LogP contribution in [0.2, 0.25) is 0 Å². The molecule has 6 nitrogen and oxygen atoms in total. The second kappa shape index (κ2) is 8.86. The topological polar surface area (TPSA) is 68.6 Å². The van der Waals surface area contributed by atoms with Gasteiger partial charge >= 0.3 is 5.97 Å². The molecule has 0 atom stereocenters. The van der Waals surface area contributed by atoms with Crippen molar-refractivity contribution in [3.05, 3.63) is 47.3 Å². The average Bonchev–Trinajstić information content (AvgIpc) is 2.99. The molecule has 0 unspecified atom stereocenters. The molecule has 1 amide bonds. The van der Waals surface area contributed by atoms with Gasteiger partial charge in [0.25, 0.3) is 0 Å². The molecule has 0 aliphatic carbocycles. The first kappa shape index (κ1) is 21.2. The molecule has 29 heavy (non-hydrogen) atoms. The molecule has 7 heteroatoms. The first-order valence-corrected chi connectivity index (χ1v) is 10.7. The van der Waals surface area contributed by atoms with E-state index in [0.29, 0.717) is 11.3 Å². The number of rotatable bonds is 7. The Morgan fingerprint density at radius 3 is 2.62 bits per heavy atom. The maximum absolute atomic E-state index is 12.5. The van der Waals surface area contributed by atoms with E-state index in [2.05, 4.69) is 18.4 Å². The second-order valence-corrected chi connectivity index (χ2v) is 8.40. The van der Waals surface area contributed by atoms with Crippen LogP contribution in [0.25, 0.3) is 0 Å². The van der Waals surface area contributed by atoms with Crippen molar-refractivity contribution in [2.75, 3.05) is 23.8 Å². The summed E-state index contributed by atoms with van der Waals surface area (Å²) in [4.78, 5) is 39.6. The zero-order valence-corrected chi connectivity index (χ0v) is 18.0. The molecule has 2 aromatic rings. The van der Waals surface area contributed by atoms with Gasteiger partial charge in [0.05, 0.1) is 17.9 Å². The van der Waals surface area contributed by atoms with Gasteiger partial charge in [-0.15, -0.1) is 11.8 Å². The third-order valence-electron chi connectivity index (χ3n) is 5.01. The van der Waals surface area contributed by atoms with Crippen LogP contribution in [0, 0.1) is 13.8 Å². The van der Waals surface area contributed by atoms with E-state index in [1.807, 2.05) is 44.2 Å². The highest BCUT2D eigenvalue weighted by molar-refractivity contribution is 8.00. The Balaban J connectivity index is 1.57. The number of hydrogen-bond donors (Lipinski definition) is 0. The number of Topliss-reactive ketones (excluding diaryl/α,β-unsaturated/α-hetero) is 1. The predicted octanol–water partition coefficient (Wildman–Crippen LogP) is 3.94. The van der Waals surface area contributed by atoms with Gasteiger partial charge in [0, 0.05) is 34.4 Å². The molecule has 0 radical (unpaired) electrons. The molecule has 2 heterocycles. The predicted molar refractivity (Wildman–Crippen MR) is 114 cm³/mol. The van der Waals surface area contributed by atoms with Crippen LogP contribution >= 0.6 is 11.8 Å². The number of benzene rings is 1. The van der Waals surface area contributed by atoms with E-state index in [1.165, 1.54) is 11.8 Å². The Labute approximate surface area is 175 Å². The van der Waals surface area contributed by atoms with Crippen LogP contribution < -0.4 is 4.90 Å². The number of carbonyl (C=O) groups excluding carboxylic acids is 3. The van der Waals surface area contributed by atoms with Gasteiger partial charge < -0.3 is 14.2 Å². The van der Waals surface area contributed by atoms with E-state index in [4.69, 9.17) is 4.74 Å². The van der Waals surface area contributed by atoms with Crippen LogP contribution in [0.1, 0.15) is 48.1 Å². The minimum atomic E-state index is -0.487. The first-order valence-electron chi connectivity index (χ1n) is 9.69. The Bertz CT molecular complexity index is 948. The lowest BCUT2D eigenvalue weighted by atomic mass is 10.1. The Morgan fingerprint density at radius 2 is 1.93 bits per heavy atom. The van der Waals surface area contributed by atoms with Crippen molar-refractivity contribution >= 4 is 35.1 Å². The quantitative estimate of drug-likeness (QED) is 0.507. The monoisotopic (exact) mass is 414 g/mol. The van der Waals surface area contributed by atoms with E-state index in [-0.39, 0.29) is 37.3 Å². The van der Waals surface area contributed by atoms with Crippen LogP contribution in [0.15, 0.2) is 35.2 Å². The first-order chi connectivity index (χ1) is 13.8. The number of carbonyl (C=O) groups is 3. The van der Waals surface area contributed by atoms with Crippen molar-refractivity contribution in [2.45, 2.75) is 45.1 Å². The number of thioether (sulfide) groups is 1. The molecule has 0 fully saturated rings. The number of hydrogen-bond acceptors (Lipinski definition) is 5. The molecule has 0 spiro atoms. The van der Waals surface area contributed by atoms with E-state index < -0.39 is 5.97 Å². The average molecular weight is 415 g/mol. The van der Waals surface area contributed by atoms with Gasteiger partial charge in [-0.1, -0.05) is 12.1 Å². The number of aromatic nitrogens is 1. The number of aryl methyl sites for hydroxylation is 1. The zero-order chi connectivity index (χ0) is 21.1. The third kappa shape index (κ3) is 4.56. The molecule has 1 aliphatic rings. The van der Waals surface area contributed by atoms with E-state index >= 15 is 0 Å². The van der Waals surface area contributed by atoms with Crippen molar-refractivity contribution in [3.8, 4) is 0 Å². The number of anilines is 1. The largest absolute Gasteiger partial charge is 0.457 e. The number of ether oxygens (including phenoxy) is 1. The summed E-state index contributed by atoms with van der Waals surface area (Å²) in [6.45, 7) is 7.94. The fourth-order valence-electron chi connectivity index (χ4n) is 3.75. The summed E-state index contributed by atoms with van der Waals surface area (Å²) in [5.41, 5.74) is 3.29. The van der Waals surface area contributed by atoms with E-state index in [1.54, 1.807) is 4.90 Å². The number of ketones is 1. The molecular formula is C22H26N2O4S. The lowest BCUT2D eigenvalue weighted by Gasteiger charge is -2.28. The Kier molecular flexibility index (Phi) is 6.47. The summed E-state index contributed by atoms with van der Waals surface area (Å²) in [7, 11) is 0. The number of para-hydroxylation sites is 1. The maximum Gasteiger partial charge on any atom is 0.308 e. The van der Waals surface area contributed by atoms with Gasteiger partial charge in [-0.3, -0.25) is 14.4 Å². The Hall–Kier alpha value is -2.54. The fourth-order valence-corrected chi connectivity index (χ4v) is 4.69. The number of nitrogens with zero attached hydrogens (tertiary/aromatic N) is 2. The van der Waals surface area contributed by atoms with Crippen LogP contribution in [-0.4, -0.2) is 41.1 Å². The highest BCUT2D eigenvalue weighted by Gasteiger charge is 2.25. The van der Waals surface area contributed by atoms with Gasteiger partial charge in [-0.2, -0.15) is 0 Å². The molecule has 0 N–H and O–H groups in total. The van der Waals surface area contributed by atoms with Gasteiger partial charge in [-0.05, 0) is 45.9 Å². The van der Waals surface area contributed by atoms with Crippen LogP contribution in [0.3, 0.4) is 0 Å². The van der Waals surface area contributed by atoms with E-state index in [9.17, 15) is 14.4 Å². The van der Waals surface area contributed by atoms with Gasteiger partial charge in [0.1, 0.15) is 0 Å². The van der Waals surface area contributed by atoms with Crippen LogP contribution in [0.5, 0.6) is 0 Å². The number of fused-ring (bicyclic) bond motifs is 1. The second-order valence-electron chi connectivity index (χ2n) is 7.38. The summed E-state index contributed by atoms with van der Waals surface area (Å²) in [5.74, 6) is -0.372. The van der Waals surface area contributed by atoms with Gasteiger partial charge in [0.2, 0.25) is 11.7 Å². The number of amides is 1. The molecule has 154 valence electrons. The van der Waals surface area contributed by atoms with Crippen LogP contribution in [-0.2, 0) is 14.3 Å². The summed E-state index contributed by atoms with van der Waals surface area (Å²) >= 11 is 1.50. The highest BCUT2D eigenvalue weighted by atomic mass is 32.2. The molecule has 0 saturated heterocycles. The summed E-state index contributed by atoms with van der Waals surface area (Å²) in [6.07, 6.45) is 0.0447. The highest BCUT2D eigenvalue weighted by Crippen LogP contribution is 2.34. The maximum atomic E-state index is 12.5. The normalized spacial score (nSPS) is 13.6. The van der Waals surface area contributed by atoms with E-state index in [0.717, 1.165) is 22.0 Å². The lowest BCUT2D eigenvalue weighted by molar-refractivity contribution is -0.142. The molecule has 0 bridgehead atoms. The SMILES string of the molecule is Cc1cc(C(=O)COC(=O)CCN2C(=O)CSc3ccccc32)c(C)n1C(C)C. The number of esters is 1. The third-order valence-corrected chi connectivity index (χ3v) is 6.06. The van der Waals surface area contributed by atoms with Gasteiger partial charge in [0.15, 0.2) is 6.61 Å². The van der Waals surface area contributed by atoms with Gasteiger partial charge in [-0.25, -0.2) is 0 Å². The minimum Gasteiger partial charge on any atom is -0.457 e. The van der Waals surface area contributed by atoms with Crippen molar-refractivity contribution in [2.24, 2.45) is 0 Å². The molecule has 1 aliphatic heterocycles. The molecule has 1 aromatic carbocycles. The fraction of sp³-hybridized carbons (Fsp3) is 0.409. The summed E-state index contributed by atoms with van der Waals surface area (Å²) in [6, 6.07) is 9.73. The van der Waals surface area contributed by atoms with Crippen LogP contribution in [0.4, 0.5) is 5.69 Å². The van der Waals surface area contributed by atoms with Crippen molar-refractivity contribution in [3.63, 3.8) is 0 Å². The minimum absolute atomic E-state index is 0.0290. The smallest absolute Gasteiger partial charge is 0.308 e. The summed E-state index contributed by atoms with van der Waals surface area (Å²) < 4.78 is 7.29. The lowest BCUT2D eigenvalue weighted by Crippen LogP contribution is -2.37. The molecule has 0 saturated carbocycles. The summed E-state index contributed by atoms with van der Waals surface area (Å²) in [5, 5.41) is 0. The molecule has 3 rings (SSSR count). The van der Waals surface area contributed by atoms with Crippen molar-refractivity contribution in [1.82, 2.24) is 4.57 Å². The van der Waals surface area contributed by atoms with Crippen molar-refractivity contribution in [1.29, 1.82) is 0 Å². The Morgan fingerprint density at radius 1 is 1.21 bits per heavy atom. The standard InChI is InChI=1S/C22H26N2O4S/c1-14(2)24-15(3)11-17(16(24)4)19(25)12-28-22(27)9-10-23-18-7-5-6-8-20(18)29-13-21(23)26/h5-8,11,14H,9-10,12-13H2,1-4H3.